The molecular formula is C20H24BrF2NO3S. The molecule has 0 spiro atoms. The van der Waals surface area contributed by atoms with Gasteiger partial charge in [0.15, 0.2) is 0 Å². The summed E-state index contributed by atoms with van der Waals surface area (Å²) >= 11 is 4.85. The molecule has 154 valence electrons. The highest BCUT2D eigenvalue weighted by molar-refractivity contribution is 9.10. The summed E-state index contributed by atoms with van der Waals surface area (Å²) in [5.41, 5.74) is -1.15. The van der Waals surface area contributed by atoms with E-state index in [4.69, 9.17) is 14.5 Å². The zero-order chi connectivity index (χ0) is 20.5. The second-order valence-electron chi connectivity index (χ2n) is 8.15. The molecule has 8 heteroatoms. The number of nitrogens with zero attached hydrogens (tertiary/aromatic N) is 1. The van der Waals surface area contributed by atoms with Crippen LogP contribution in [0, 0.1) is 11.7 Å². The Hall–Kier alpha value is -0.990. The molecule has 0 saturated carbocycles. The average molecular weight is 476 g/mol. The molecule has 1 saturated heterocycles. The van der Waals surface area contributed by atoms with Gasteiger partial charge in [0, 0.05) is 21.7 Å². The minimum absolute atomic E-state index is 0.0264. The van der Waals surface area contributed by atoms with Crippen LogP contribution in [0.2, 0.25) is 0 Å². The monoisotopic (exact) mass is 475 g/mol. The van der Waals surface area contributed by atoms with E-state index in [0.717, 1.165) is 4.47 Å². The maximum Gasteiger partial charge on any atom is 0.312 e. The summed E-state index contributed by atoms with van der Waals surface area (Å²) in [5.74, 6) is -0.227. The SMILES string of the molecule is CC(C)(C)OC(=O)CC1=N[C@@]2(c3cc(Br)ccc3F)CO[C@@H](CF)C[C@H]2CS1. The molecule has 0 amide bonds. The van der Waals surface area contributed by atoms with E-state index in [-0.39, 0.29) is 30.7 Å². The van der Waals surface area contributed by atoms with E-state index < -0.39 is 23.9 Å². The quantitative estimate of drug-likeness (QED) is 0.572. The Balaban J connectivity index is 1.97. The normalized spacial score (nSPS) is 27.7. The maximum absolute atomic E-state index is 14.8. The Morgan fingerprint density at radius 1 is 1.46 bits per heavy atom. The van der Waals surface area contributed by atoms with E-state index in [1.54, 1.807) is 32.9 Å². The van der Waals surface area contributed by atoms with Crippen LogP contribution < -0.4 is 0 Å². The summed E-state index contributed by atoms with van der Waals surface area (Å²) in [6.45, 7) is 4.92. The number of hydrogen-bond acceptors (Lipinski definition) is 5. The molecule has 0 unspecified atom stereocenters. The fourth-order valence-corrected chi connectivity index (χ4v) is 5.22. The van der Waals surface area contributed by atoms with Gasteiger partial charge in [-0.15, -0.1) is 11.8 Å². The molecule has 2 aliphatic heterocycles. The number of carbonyl (C=O) groups excluding carboxylic acids is 1. The van der Waals surface area contributed by atoms with Gasteiger partial charge in [0.1, 0.15) is 23.6 Å². The average Bonchev–Trinajstić information content (AvgIpc) is 2.61. The topological polar surface area (TPSA) is 47.9 Å². The number of carbonyl (C=O) groups is 1. The number of fused-ring (bicyclic) bond motifs is 1. The number of hydrogen-bond donors (Lipinski definition) is 0. The van der Waals surface area contributed by atoms with Crippen LogP contribution in [-0.4, -0.2) is 41.8 Å². The molecule has 3 atom stereocenters. The summed E-state index contributed by atoms with van der Waals surface area (Å²) in [6, 6.07) is 4.71. The molecule has 0 N–H and O–H groups in total. The predicted octanol–water partition coefficient (Wildman–Crippen LogP) is 5.04. The van der Waals surface area contributed by atoms with Crippen molar-refractivity contribution in [2.24, 2.45) is 10.9 Å². The number of rotatable bonds is 4. The third-order valence-electron chi connectivity index (χ3n) is 4.82. The van der Waals surface area contributed by atoms with Gasteiger partial charge in [0.25, 0.3) is 0 Å². The molecule has 0 radical (unpaired) electrons. The van der Waals surface area contributed by atoms with Crippen molar-refractivity contribution in [1.29, 1.82) is 0 Å². The lowest BCUT2D eigenvalue weighted by Gasteiger charge is -2.46. The van der Waals surface area contributed by atoms with Crippen LogP contribution >= 0.6 is 27.7 Å². The van der Waals surface area contributed by atoms with Gasteiger partial charge < -0.3 is 9.47 Å². The summed E-state index contributed by atoms with van der Waals surface area (Å²) in [5, 5.41) is 0.590. The predicted molar refractivity (Wildman–Crippen MR) is 110 cm³/mol. The van der Waals surface area contributed by atoms with E-state index in [0.29, 0.717) is 22.8 Å². The lowest BCUT2D eigenvalue weighted by atomic mass is 9.75. The number of ether oxygens (including phenoxy) is 2. The molecular weight excluding hydrogens is 452 g/mol. The Kier molecular flexibility index (Phi) is 6.51. The highest BCUT2D eigenvalue weighted by Gasteiger charge is 2.49. The first-order valence-electron chi connectivity index (χ1n) is 9.19. The second-order valence-corrected chi connectivity index (χ2v) is 10.2. The number of aliphatic imine (C=N–C) groups is 1. The first kappa shape index (κ1) is 21.7. The van der Waals surface area contributed by atoms with Gasteiger partial charge in [0.05, 0.1) is 24.2 Å². The van der Waals surface area contributed by atoms with Crippen LogP contribution in [0.25, 0.3) is 0 Å². The van der Waals surface area contributed by atoms with Crippen molar-refractivity contribution in [2.45, 2.75) is 50.9 Å². The van der Waals surface area contributed by atoms with Crippen molar-refractivity contribution in [1.82, 2.24) is 0 Å². The van der Waals surface area contributed by atoms with E-state index >= 15 is 0 Å². The lowest BCUT2D eigenvalue weighted by molar-refractivity contribution is -0.153. The molecule has 4 nitrogen and oxygen atoms in total. The van der Waals surface area contributed by atoms with Crippen molar-refractivity contribution >= 4 is 38.7 Å². The minimum atomic E-state index is -0.970. The van der Waals surface area contributed by atoms with Crippen LogP contribution in [0.1, 0.15) is 39.2 Å². The van der Waals surface area contributed by atoms with Crippen LogP contribution in [0.4, 0.5) is 8.78 Å². The number of thioether (sulfide) groups is 1. The van der Waals surface area contributed by atoms with E-state index in [1.807, 2.05) is 0 Å². The Bertz CT molecular complexity index is 783. The first-order valence-corrected chi connectivity index (χ1v) is 11.0. The van der Waals surface area contributed by atoms with Gasteiger partial charge in [-0.1, -0.05) is 15.9 Å². The lowest BCUT2D eigenvalue weighted by Crippen LogP contribution is -2.50. The van der Waals surface area contributed by atoms with Crippen molar-refractivity contribution in [3.63, 3.8) is 0 Å². The van der Waals surface area contributed by atoms with E-state index in [1.165, 1.54) is 17.8 Å². The van der Waals surface area contributed by atoms with Gasteiger partial charge >= 0.3 is 5.97 Å². The first-order chi connectivity index (χ1) is 13.1. The summed E-state index contributed by atoms with van der Waals surface area (Å²) < 4.78 is 39.8. The Morgan fingerprint density at radius 2 is 2.21 bits per heavy atom. The molecule has 0 aliphatic carbocycles. The van der Waals surface area contributed by atoms with Gasteiger partial charge in [-0.2, -0.15) is 0 Å². The van der Waals surface area contributed by atoms with Crippen molar-refractivity contribution in [3.05, 3.63) is 34.1 Å². The number of benzene rings is 1. The molecule has 0 aromatic heterocycles. The molecule has 2 aliphatic rings. The van der Waals surface area contributed by atoms with Crippen molar-refractivity contribution in [3.8, 4) is 0 Å². The largest absolute Gasteiger partial charge is 0.460 e. The van der Waals surface area contributed by atoms with Crippen LogP contribution in [-0.2, 0) is 19.8 Å². The minimum Gasteiger partial charge on any atom is -0.460 e. The van der Waals surface area contributed by atoms with Crippen molar-refractivity contribution in [2.75, 3.05) is 19.0 Å². The van der Waals surface area contributed by atoms with Crippen LogP contribution in [0.5, 0.6) is 0 Å². The molecule has 1 fully saturated rings. The fraction of sp³-hybridized carbons (Fsp3) is 0.600. The van der Waals surface area contributed by atoms with E-state index in [9.17, 15) is 13.6 Å². The number of esters is 1. The van der Waals surface area contributed by atoms with Gasteiger partial charge in [-0.05, 0) is 45.4 Å². The summed E-state index contributed by atoms with van der Waals surface area (Å²) in [7, 11) is 0. The Labute approximate surface area is 176 Å². The molecule has 1 aromatic rings. The second kappa shape index (κ2) is 8.40. The zero-order valence-electron chi connectivity index (χ0n) is 16.1. The van der Waals surface area contributed by atoms with Crippen molar-refractivity contribution < 1.29 is 23.0 Å². The third kappa shape index (κ3) is 4.76. The van der Waals surface area contributed by atoms with Gasteiger partial charge in [0.2, 0.25) is 0 Å². The number of halogens is 3. The molecule has 28 heavy (non-hydrogen) atoms. The van der Waals surface area contributed by atoms with Crippen LogP contribution in [0.3, 0.4) is 0 Å². The summed E-state index contributed by atoms with van der Waals surface area (Å²) in [4.78, 5) is 17.1. The Morgan fingerprint density at radius 3 is 2.89 bits per heavy atom. The third-order valence-corrected chi connectivity index (χ3v) is 6.45. The molecule has 0 bridgehead atoms. The summed E-state index contributed by atoms with van der Waals surface area (Å²) in [6.07, 6.45) is -0.0198. The van der Waals surface area contributed by atoms with Gasteiger partial charge in [-0.3, -0.25) is 9.79 Å². The molecule has 1 aromatic carbocycles. The standard InChI is InChI=1S/C20H24BrF2NO3S/c1-19(2,3)27-18(25)8-17-24-20(15-7-13(21)4-5-16(15)23)11-26-14(9-22)6-12(20)10-28-17/h4-5,7,12,14H,6,8-11H2,1-3H3/t12-,14+,20-/m0/s1. The zero-order valence-corrected chi connectivity index (χ0v) is 18.5. The van der Waals surface area contributed by atoms with Gasteiger partial charge in [-0.25, -0.2) is 8.78 Å². The highest BCUT2D eigenvalue weighted by atomic mass is 79.9. The maximum atomic E-state index is 14.8. The number of alkyl halides is 1. The molecule has 3 rings (SSSR count). The molecule has 2 heterocycles. The van der Waals surface area contributed by atoms with E-state index in [2.05, 4.69) is 15.9 Å². The highest BCUT2D eigenvalue weighted by Crippen LogP contribution is 2.48. The van der Waals surface area contributed by atoms with Crippen LogP contribution in [0.15, 0.2) is 27.7 Å². The smallest absolute Gasteiger partial charge is 0.312 e. The fourth-order valence-electron chi connectivity index (χ4n) is 3.61.